The van der Waals surface area contributed by atoms with Crippen LogP contribution in [0.15, 0.2) is 224 Å². The quantitative estimate of drug-likeness (QED) is 0.161. The molecule has 0 saturated carbocycles. The fourth-order valence-electron chi connectivity index (χ4n) is 7.43. The van der Waals surface area contributed by atoms with E-state index in [0.29, 0.717) is 11.1 Å². The molecule has 5 heteroatoms. The lowest BCUT2D eigenvalue weighted by molar-refractivity contribution is 0.893. The van der Waals surface area contributed by atoms with E-state index in [-0.39, 0.29) is 22.2 Å². The molecule has 0 aliphatic rings. The Morgan fingerprint density at radius 1 is 0.306 bits per heavy atom. The van der Waals surface area contributed by atoms with E-state index in [4.69, 9.17) is 36.9 Å². The highest BCUT2D eigenvalue weighted by Gasteiger charge is 2.22. The van der Waals surface area contributed by atoms with Crippen molar-refractivity contribution in [3.05, 3.63) is 224 Å². The molecular weight excluding hydrogens is 755 g/mol. The van der Waals surface area contributed by atoms with Crippen LogP contribution in [0.4, 0.5) is 0 Å². The first-order chi connectivity index (χ1) is 40.7. The number of para-hydroxylation sites is 2. The lowest BCUT2D eigenvalue weighted by Gasteiger charge is -2.14. The van der Waals surface area contributed by atoms with Crippen molar-refractivity contribution in [3.63, 3.8) is 0 Å². The Hall–Kier alpha value is -8.41. The van der Waals surface area contributed by atoms with E-state index in [0.717, 1.165) is 20.3 Å². The third-order valence-electron chi connectivity index (χ3n) is 10.3. The predicted octanol–water partition coefficient (Wildman–Crippen LogP) is 14.4. The van der Waals surface area contributed by atoms with Gasteiger partial charge in [0.25, 0.3) is 0 Å². The molecule has 62 heavy (non-hydrogen) atoms. The Morgan fingerprint density at radius 2 is 0.742 bits per heavy atom. The van der Waals surface area contributed by atoms with Crippen LogP contribution < -0.4 is 0 Å². The van der Waals surface area contributed by atoms with Crippen LogP contribution in [-0.4, -0.2) is 24.1 Å². The SMILES string of the molecule is [2H]c1c([2H])c([2H])c(-c2c([2H])c([2H])c3c4c([2H])c([2H])c(-c5c([2H])c([2H])c([2H])c([2H])c5[2H])c([2H])c4n(-c4nc(-c5cccc(-c6ccc(-c7ccccc7)cc6)c5)nc(-n5c6c([2H])c([2H])c([2H])c([2H])c6c6c([2H])c([2H])c([2H])c([2H])c65)n4)c3c2[2H])c([2H])c1[2H]. The molecule has 0 spiro atoms. The van der Waals surface area contributed by atoms with Crippen molar-refractivity contribution >= 4 is 43.6 Å². The number of benzene rings is 9. The summed E-state index contributed by atoms with van der Waals surface area (Å²) >= 11 is 0. The van der Waals surface area contributed by atoms with Crippen molar-refractivity contribution in [1.82, 2.24) is 24.1 Å². The summed E-state index contributed by atoms with van der Waals surface area (Å²) in [6, 6.07) is 3.66. The number of fused-ring (bicyclic) bond motifs is 6. The maximum atomic E-state index is 10.1. The molecule has 3 heterocycles. The van der Waals surface area contributed by atoms with Crippen LogP contribution in [0.5, 0.6) is 0 Å². The molecule has 9 aromatic carbocycles. The largest absolute Gasteiger partial charge is 0.278 e. The van der Waals surface area contributed by atoms with Gasteiger partial charge in [0, 0.05) is 27.1 Å². The van der Waals surface area contributed by atoms with E-state index in [2.05, 4.69) is 0 Å². The zero-order chi connectivity index (χ0) is 61.9. The second-order valence-electron chi connectivity index (χ2n) is 13.8. The minimum absolute atomic E-state index is 0.172. The molecule has 0 aliphatic carbocycles. The van der Waals surface area contributed by atoms with Gasteiger partial charge >= 0.3 is 0 Å². The van der Waals surface area contributed by atoms with Gasteiger partial charge in [-0.05, 0) is 74.7 Å². The lowest BCUT2D eigenvalue weighted by Crippen LogP contribution is -2.10. The van der Waals surface area contributed by atoms with Crippen LogP contribution in [-0.2, 0) is 0 Å². The molecule has 12 aromatic rings. The molecule has 3 aromatic heterocycles. The first kappa shape index (κ1) is 18.9. The fraction of sp³-hybridized carbons (Fsp3) is 0. The monoisotopic (exact) mass is 815 g/mol. The number of hydrogen-bond donors (Lipinski definition) is 0. The Balaban J connectivity index is 1.30. The van der Waals surface area contributed by atoms with Crippen LogP contribution in [0.25, 0.3) is 111 Å². The maximum Gasteiger partial charge on any atom is 0.240 e. The van der Waals surface area contributed by atoms with Gasteiger partial charge in [0.1, 0.15) is 0 Å². The highest BCUT2D eigenvalue weighted by molar-refractivity contribution is 6.11. The van der Waals surface area contributed by atoms with Gasteiger partial charge < -0.3 is 0 Å². The highest BCUT2D eigenvalue weighted by Crippen LogP contribution is 2.38. The zero-order valence-electron chi connectivity index (χ0n) is 55.7. The Bertz CT molecular complexity index is 4760. The van der Waals surface area contributed by atoms with Crippen molar-refractivity contribution in [2.75, 3.05) is 0 Å². The lowest BCUT2D eigenvalue weighted by atomic mass is 9.99. The van der Waals surface area contributed by atoms with E-state index in [1.54, 1.807) is 24.3 Å². The van der Waals surface area contributed by atoms with E-state index in [9.17, 15) is 11.0 Å². The number of hydrogen-bond acceptors (Lipinski definition) is 3. The van der Waals surface area contributed by atoms with Gasteiger partial charge in [-0.1, -0.05) is 194 Å². The zero-order valence-corrected chi connectivity index (χ0v) is 31.7. The van der Waals surface area contributed by atoms with Gasteiger partial charge in [0.15, 0.2) is 5.82 Å². The number of nitrogens with zero attached hydrogens (tertiary/aromatic N) is 5. The maximum absolute atomic E-state index is 10.1. The molecule has 0 aliphatic heterocycles. The number of rotatable bonds is 7. The fourth-order valence-corrected chi connectivity index (χ4v) is 7.43. The minimum atomic E-state index is -0.911. The molecule has 0 atom stereocenters. The van der Waals surface area contributed by atoms with Crippen molar-refractivity contribution in [3.8, 4) is 67.8 Å². The standard InChI is InChI=1S/C57H37N5/c1-4-15-38(16-5-1)41-27-29-42(30-28-41)43-21-14-22-46(35-43)55-58-56(61-51-25-12-10-23-47(51)48-24-11-13-26-52(48)61)60-57(59-55)62-53-36-44(39-17-6-2-7-18-39)31-33-49(53)50-34-32-45(37-54(50)62)40-19-8-3-9-20-40/h1-37H/i2D,3D,6D,7D,8D,9D,10D,11D,12D,13D,17D,18D,19D,20D,23D,24D,25D,26D,31D,32D,33D,34D,36D,37D. The summed E-state index contributed by atoms with van der Waals surface area (Å²) in [7, 11) is 0. The molecule has 0 unspecified atom stereocenters. The van der Waals surface area contributed by atoms with Crippen molar-refractivity contribution < 1.29 is 32.9 Å². The Kier molecular flexibility index (Phi) is 4.48. The van der Waals surface area contributed by atoms with Gasteiger partial charge in [0.05, 0.1) is 55.0 Å². The van der Waals surface area contributed by atoms with E-state index < -0.39 is 212 Å². The molecule has 12 rings (SSSR count). The van der Waals surface area contributed by atoms with E-state index in [1.165, 1.54) is 0 Å². The molecular formula is C57H37N5. The minimum Gasteiger partial charge on any atom is -0.278 e. The summed E-state index contributed by atoms with van der Waals surface area (Å²) in [5.74, 6) is -1.68. The van der Waals surface area contributed by atoms with Crippen LogP contribution >= 0.6 is 0 Å². The van der Waals surface area contributed by atoms with Crippen molar-refractivity contribution in [2.45, 2.75) is 0 Å². The van der Waals surface area contributed by atoms with E-state index >= 15 is 0 Å². The van der Waals surface area contributed by atoms with Crippen LogP contribution in [0.2, 0.25) is 0 Å². The molecule has 0 saturated heterocycles. The summed E-state index contributed by atoms with van der Waals surface area (Å²) < 4.78 is 219. The Labute approximate surface area is 392 Å². The van der Waals surface area contributed by atoms with Gasteiger partial charge in [-0.25, -0.2) is 0 Å². The summed E-state index contributed by atoms with van der Waals surface area (Å²) in [5, 5.41) is -1.82. The molecule has 290 valence electrons. The summed E-state index contributed by atoms with van der Waals surface area (Å²) in [6.45, 7) is 0. The molecule has 5 nitrogen and oxygen atoms in total. The average Bonchev–Trinajstić information content (AvgIpc) is 1.55. The van der Waals surface area contributed by atoms with Crippen LogP contribution in [0.3, 0.4) is 0 Å². The predicted molar refractivity (Wildman–Crippen MR) is 256 cm³/mol. The number of aromatic nitrogens is 5. The third kappa shape index (κ3) is 6.06. The third-order valence-corrected chi connectivity index (χ3v) is 10.3. The summed E-state index contributed by atoms with van der Waals surface area (Å²) in [5.41, 5.74) is -1.71. The van der Waals surface area contributed by atoms with Gasteiger partial charge in [0.2, 0.25) is 11.9 Å². The molecule has 0 bridgehead atoms. The van der Waals surface area contributed by atoms with Crippen LogP contribution in [0, 0.1) is 0 Å². The average molecular weight is 816 g/mol. The molecule has 0 fully saturated rings. The second kappa shape index (κ2) is 14.7. The smallest absolute Gasteiger partial charge is 0.240 e. The van der Waals surface area contributed by atoms with Gasteiger partial charge in [-0.15, -0.1) is 0 Å². The topological polar surface area (TPSA) is 48.5 Å². The first-order valence-corrected chi connectivity index (χ1v) is 19.0. The highest BCUT2D eigenvalue weighted by atomic mass is 15.3. The van der Waals surface area contributed by atoms with Gasteiger partial charge in [-0.2, -0.15) is 15.0 Å². The summed E-state index contributed by atoms with van der Waals surface area (Å²) in [6.07, 6.45) is 0. The molecule has 0 radical (unpaired) electrons. The first-order valence-electron chi connectivity index (χ1n) is 31.0. The van der Waals surface area contributed by atoms with Gasteiger partial charge in [-0.3, -0.25) is 9.13 Å². The Morgan fingerprint density at radius 3 is 1.31 bits per heavy atom. The van der Waals surface area contributed by atoms with Crippen molar-refractivity contribution in [1.29, 1.82) is 0 Å². The molecule has 0 N–H and O–H groups in total. The molecule has 0 amide bonds. The van der Waals surface area contributed by atoms with E-state index in [1.807, 2.05) is 54.6 Å². The van der Waals surface area contributed by atoms with Crippen molar-refractivity contribution in [2.24, 2.45) is 0 Å². The summed E-state index contributed by atoms with van der Waals surface area (Å²) in [4.78, 5) is 14.6. The normalized spacial score (nSPS) is 17.0. The second-order valence-corrected chi connectivity index (χ2v) is 13.8. The van der Waals surface area contributed by atoms with Crippen LogP contribution in [0.1, 0.15) is 32.9 Å².